The maximum atomic E-state index is 13.0. The van der Waals surface area contributed by atoms with E-state index in [2.05, 4.69) is 4.99 Å². The molecule has 196 valence electrons. The van der Waals surface area contributed by atoms with Crippen molar-refractivity contribution in [1.82, 2.24) is 9.80 Å². The van der Waals surface area contributed by atoms with Gasteiger partial charge in [0.25, 0.3) is 5.69 Å². The monoisotopic (exact) mass is 516 g/mol. The minimum atomic E-state index is -1.18. The zero-order valence-corrected chi connectivity index (χ0v) is 21.1. The van der Waals surface area contributed by atoms with Crippen LogP contribution < -0.4 is 0 Å². The van der Waals surface area contributed by atoms with Crippen molar-refractivity contribution in [3.05, 3.63) is 88.0 Å². The van der Waals surface area contributed by atoms with Crippen molar-refractivity contribution < 1.29 is 24.4 Å². The first-order valence-corrected chi connectivity index (χ1v) is 12.2. The van der Waals surface area contributed by atoms with Crippen LogP contribution in [0.2, 0.25) is 0 Å². The topological polar surface area (TPSA) is 133 Å². The van der Waals surface area contributed by atoms with E-state index < -0.39 is 28.9 Å². The summed E-state index contributed by atoms with van der Waals surface area (Å²) in [7, 11) is 1.69. The molecule has 0 spiro atoms. The van der Waals surface area contributed by atoms with E-state index in [1.807, 2.05) is 42.5 Å². The first-order chi connectivity index (χ1) is 18.2. The van der Waals surface area contributed by atoms with Crippen molar-refractivity contribution in [1.29, 1.82) is 0 Å². The first-order valence-electron chi connectivity index (χ1n) is 12.2. The number of aliphatic imine (C=N–C) groups is 1. The third kappa shape index (κ3) is 5.54. The second-order valence-corrected chi connectivity index (χ2v) is 9.33. The number of urea groups is 1. The quantitative estimate of drug-likeness (QED) is 0.329. The van der Waals surface area contributed by atoms with Crippen molar-refractivity contribution in [2.75, 3.05) is 20.1 Å². The van der Waals surface area contributed by atoms with Crippen LogP contribution in [0.15, 0.2) is 71.7 Å². The molecule has 0 saturated heterocycles. The lowest BCUT2D eigenvalue weighted by atomic mass is 9.86. The van der Waals surface area contributed by atoms with Gasteiger partial charge in [0.05, 0.1) is 17.4 Å². The van der Waals surface area contributed by atoms with E-state index >= 15 is 0 Å². The van der Waals surface area contributed by atoms with Gasteiger partial charge in [0.1, 0.15) is 5.92 Å². The number of aliphatic carboxylic acids is 1. The number of carbonyl (C=O) groups is 3. The van der Waals surface area contributed by atoms with Crippen molar-refractivity contribution in [2.24, 2.45) is 10.9 Å². The Kier molecular flexibility index (Phi) is 7.80. The molecule has 1 N–H and O–H groups in total. The molecule has 3 aromatic rings. The average Bonchev–Trinajstić information content (AvgIpc) is 2.89. The summed E-state index contributed by atoms with van der Waals surface area (Å²) in [6.07, 6.45) is 0.594. The highest BCUT2D eigenvalue weighted by Gasteiger charge is 2.42. The number of amides is 3. The van der Waals surface area contributed by atoms with Crippen molar-refractivity contribution in [2.45, 2.75) is 25.8 Å². The highest BCUT2D eigenvalue weighted by Crippen LogP contribution is 2.35. The lowest BCUT2D eigenvalue weighted by Crippen LogP contribution is -2.47. The number of likely N-dealkylation sites (N-methyl/N-ethyl adjacent to an activating group) is 1. The number of hydrogen-bond donors (Lipinski definition) is 1. The fraction of sp³-hybridized carbons (Fsp3) is 0.286. The Morgan fingerprint density at radius 1 is 1.11 bits per heavy atom. The Morgan fingerprint density at radius 3 is 2.55 bits per heavy atom. The van der Waals surface area contributed by atoms with Crippen LogP contribution in [0.4, 0.5) is 10.5 Å². The average molecular weight is 517 g/mol. The van der Waals surface area contributed by atoms with Gasteiger partial charge in [-0.25, -0.2) is 9.79 Å². The fourth-order valence-corrected chi connectivity index (χ4v) is 4.90. The van der Waals surface area contributed by atoms with Crippen molar-refractivity contribution >= 4 is 40.1 Å². The van der Waals surface area contributed by atoms with E-state index in [-0.39, 0.29) is 30.3 Å². The van der Waals surface area contributed by atoms with E-state index in [0.717, 1.165) is 16.3 Å². The molecule has 10 nitrogen and oxygen atoms in total. The third-order valence-corrected chi connectivity index (χ3v) is 6.85. The van der Waals surface area contributed by atoms with Crippen LogP contribution >= 0.6 is 0 Å². The zero-order chi connectivity index (χ0) is 27.4. The van der Waals surface area contributed by atoms with Crippen LogP contribution in [-0.4, -0.2) is 63.6 Å². The molecule has 2 atom stereocenters. The van der Waals surface area contributed by atoms with Gasteiger partial charge in [-0.15, -0.1) is 0 Å². The molecular weight excluding hydrogens is 488 g/mol. The van der Waals surface area contributed by atoms with Gasteiger partial charge in [-0.05, 0) is 35.2 Å². The molecule has 0 radical (unpaired) electrons. The van der Waals surface area contributed by atoms with Gasteiger partial charge in [-0.2, -0.15) is 0 Å². The summed E-state index contributed by atoms with van der Waals surface area (Å²) in [5.41, 5.74) is 1.20. The highest BCUT2D eigenvalue weighted by atomic mass is 16.6. The Hall–Kier alpha value is -4.60. The number of carboxylic acid groups (broad SMARTS) is 1. The molecule has 10 heteroatoms. The number of benzene rings is 3. The first kappa shape index (κ1) is 26.5. The molecule has 0 fully saturated rings. The molecule has 0 aliphatic carbocycles. The van der Waals surface area contributed by atoms with Crippen LogP contribution in [0.25, 0.3) is 10.8 Å². The van der Waals surface area contributed by atoms with Gasteiger partial charge in [0.15, 0.2) is 0 Å². The van der Waals surface area contributed by atoms with Crippen LogP contribution in [0.5, 0.6) is 0 Å². The molecule has 1 aliphatic heterocycles. The zero-order valence-electron chi connectivity index (χ0n) is 21.1. The Labute approximate surface area is 219 Å². The molecule has 1 aliphatic rings. The summed E-state index contributed by atoms with van der Waals surface area (Å²) >= 11 is 0. The van der Waals surface area contributed by atoms with Crippen molar-refractivity contribution in [3.63, 3.8) is 0 Å². The normalized spacial score (nSPS) is 17.3. The van der Waals surface area contributed by atoms with E-state index in [0.29, 0.717) is 18.5 Å². The van der Waals surface area contributed by atoms with Crippen LogP contribution in [0.3, 0.4) is 0 Å². The number of carbonyl (C=O) groups excluding carboxylic acids is 2. The lowest BCUT2D eigenvalue weighted by Gasteiger charge is -2.38. The van der Waals surface area contributed by atoms with Gasteiger partial charge in [0.2, 0.25) is 5.91 Å². The number of hydrogen-bond acceptors (Lipinski definition) is 5. The molecular formula is C28H28N4O6. The minimum Gasteiger partial charge on any atom is -0.481 e. The number of rotatable bonds is 9. The third-order valence-electron chi connectivity index (χ3n) is 6.85. The number of fused-ring (bicyclic) bond motifs is 1. The number of nitrogens with zero attached hydrogens (tertiary/aromatic N) is 4. The second kappa shape index (κ2) is 11.2. The number of nitro benzene ring substituents is 1. The van der Waals surface area contributed by atoms with Gasteiger partial charge in [-0.1, -0.05) is 54.6 Å². The molecule has 3 amide bonds. The van der Waals surface area contributed by atoms with Crippen LogP contribution in [0, 0.1) is 16.0 Å². The van der Waals surface area contributed by atoms with Crippen LogP contribution in [0.1, 0.15) is 30.5 Å². The largest absolute Gasteiger partial charge is 0.481 e. The number of non-ortho nitro benzene ring substituents is 1. The Morgan fingerprint density at radius 2 is 1.82 bits per heavy atom. The molecule has 3 aromatic carbocycles. The van der Waals surface area contributed by atoms with Crippen molar-refractivity contribution in [3.8, 4) is 0 Å². The summed E-state index contributed by atoms with van der Waals surface area (Å²) in [4.78, 5) is 55.6. The number of carboxylic acids is 1. The standard InChI is InChI=1S/C28H28N4O6/c1-18-25(27(34)35)26(21-11-6-12-22(16-21)32(37)38)31(28(36)29-18)15-7-14-30(2)24(33)17-20-10-5-9-19-8-3-4-13-23(19)20/h3-6,8-13,16,25-26H,7,14-15,17H2,1-2H3,(H,34,35). The summed E-state index contributed by atoms with van der Waals surface area (Å²) < 4.78 is 0. The van der Waals surface area contributed by atoms with E-state index in [9.17, 15) is 29.6 Å². The Balaban J connectivity index is 1.49. The molecule has 2 unspecified atom stereocenters. The Bertz CT molecular complexity index is 1430. The number of nitro groups is 1. The molecule has 1 heterocycles. The van der Waals surface area contributed by atoms with Gasteiger partial charge >= 0.3 is 12.0 Å². The highest BCUT2D eigenvalue weighted by molar-refractivity contribution is 6.07. The van der Waals surface area contributed by atoms with Gasteiger partial charge < -0.3 is 14.9 Å². The van der Waals surface area contributed by atoms with E-state index in [1.54, 1.807) is 18.0 Å². The molecule has 38 heavy (non-hydrogen) atoms. The summed E-state index contributed by atoms with van der Waals surface area (Å²) in [5, 5.41) is 23.3. The van der Waals surface area contributed by atoms with E-state index in [1.165, 1.54) is 30.0 Å². The van der Waals surface area contributed by atoms with Crippen LogP contribution in [-0.2, 0) is 16.0 Å². The summed E-state index contributed by atoms with van der Waals surface area (Å²) in [6.45, 7) is 1.92. The lowest BCUT2D eigenvalue weighted by molar-refractivity contribution is -0.385. The fourth-order valence-electron chi connectivity index (χ4n) is 4.90. The molecule has 0 bridgehead atoms. The molecule has 0 saturated carbocycles. The SMILES string of the molecule is CC1=NC(=O)N(CCCN(C)C(=O)Cc2cccc3ccccc23)C(c2cccc([N+](=O)[O-])c2)C1C(=O)O. The minimum absolute atomic E-state index is 0.0844. The van der Waals surface area contributed by atoms with Gasteiger partial charge in [0, 0.05) is 38.0 Å². The second-order valence-electron chi connectivity index (χ2n) is 9.33. The predicted molar refractivity (Wildman–Crippen MR) is 142 cm³/mol. The van der Waals surface area contributed by atoms with E-state index in [4.69, 9.17) is 0 Å². The van der Waals surface area contributed by atoms with Gasteiger partial charge in [-0.3, -0.25) is 19.7 Å². The summed E-state index contributed by atoms with van der Waals surface area (Å²) in [5.74, 6) is -2.41. The molecule has 4 rings (SSSR count). The predicted octanol–water partition coefficient (Wildman–Crippen LogP) is 4.48. The summed E-state index contributed by atoms with van der Waals surface area (Å²) in [6, 6.07) is 17.8. The molecule has 0 aromatic heterocycles. The smallest absolute Gasteiger partial charge is 0.344 e. The maximum absolute atomic E-state index is 13.0. The maximum Gasteiger partial charge on any atom is 0.344 e.